The minimum absolute atomic E-state index is 0.173. The maximum atomic E-state index is 14.2. The summed E-state index contributed by atoms with van der Waals surface area (Å²) in [6.07, 6.45) is 1.43. The number of imidazole rings is 1. The predicted octanol–water partition coefficient (Wildman–Crippen LogP) is 1.11. The summed E-state index contributed by atoms with van der Waals surface area (Å²) in [6.45, 7) is 2.02. The smallest absolute Gasteiger partial charge is 0.176 e. The summed E-state index contributed by atoms with van der Waals surface area (Å²) in [5.41, 5.74) is 11.9. The van der Waals surface area contributed by atoms with Crippen molar-refractivity contribution < 1.29 is 4.39 Å². The Hall–Kier alpha value is -2.88. The number of benzene rings is 1. The second-order valence-electron chi connectivity index (χ2n) is 5.18. The summed E-state index contributed by atoms with van der Waals surface area (Å²) in [4.78, 5) is 8.46. The van der Waals surface area contributed by atoms with Gasteiger partial charge in [0.2, 0.25) is 0 Å². The summed E-state index contributed by atoms with van der Waals surface area (Å²) < 4.78 is 15.8. The molecule has 4 N–H and O–H groups in total. The van der Waals surface area contributed by atoms with E-state index in [0.29, 0.717) is 22.8 Å². The van der Waals surface area contributed by atoms with E-state index in [1.54, 1.807) is 17.6 Å². The van der Waals surface area contributed by atoms with E-state index in [2.05, 4.69) is 9.98 Å². The largest absolute Gasteiger partial charge is 0.399 e. The maximum Gasteiger partial charge on any atom is 0.176 e. The van der Waals surface area contributed by atoms with Gasteiger partial charge in [0.1, 0.15) is 23.1 Å². The first-order valence-electron chi connectivity index (χ1n) is 6.31. The van der Waals surface area contributed by atoms with Crippen molar-refractivity contribution in [3.63, 3.8) is 0 Å². The van der Waals surface area contributed by atoms with Gasteiger partial charge in [0, 0.05) is 11.3 Å². The third-order valence-electron chi connectivity index (χ3n) is 3.60. The lowest BCUT2D eigenvalue weighted by molar-refractivity contribution is 0.382. The van der Waals surface area contributed by atoms with Crippen LogP contribution in [0.3, 0.4) is 0 Å². The van der Waals surface area contributed by atoms with E-state index >= 15 is 0 Å². The maximum absolute atomic E-state index is 14.2. The average molecular weight is 284 g/mol. The Morgan fingerprint density at radius 1 is 1.43 bits per heavy atom. The van der Waals surface area contributed by atoms with Crippen LogP contribution in [0.25, 0.3) is 0 Å². The number of aromatic nitrogens is 2. The number of halogens is 1. The molecule has 1 unspecified atom stereocenters. The normalized spacial score (nSPS) is 20.5. The van der Waals surface area contributed by atoms with E-state index in [0.717, 1.165) is 0 Å². The van der Waals surface area contributed by atoms with Gasteiger partial charge in [-0.05, 0) is 25.1 Å². The molecule has 0 aliphatic carbocycles. The number of nitrogens with two attached hydrogens (primary N) is 2. The first-order chi connectivity index (χ1) is 9.94. The monoisotopic (exact) mass is 284 g/mol. The molecule has 0 saturated heterocycles. The van der Waals surface area contributed by atoms with Gasteiger partial charge in [-0.2, -0.15) is 5.26 Å². The van der Waals surface area contributed by atoms with Crippen molar-refractivity contribution in [2.45, 2.75) is 19.0 Å². The zero-order chi connectivity index (χ0) is 15.2. The predicted molar refractivity (Wildman–Crippen MR) is 75.8 cm³/mol. The third-order valence-corrected chi connectivity index (χ3v) is 3.60. The van der Waals surface area contributed by atoms with E-state index in [1.165, 1.54) is 18.3 Å². The standard InChI is InChI=1S/C14H13FN6/c1-14(10-4-8(17)2-3-11(10)15)7-21-9(5-16)6-19-13(21)12(18)20-14/h2-4,6H,7,17H2,1H3,(H2,18,20). The molecule has 6 nitrogen and oxygen atoms in total. The van der Waals surface area contributed by atoms with E-state index in [-0.39, 0.29) is 12.4 Å². The highest BCUT2D eigenvalue weighted by Gasteiger charge is 2.36. The van der Waals surface area contributed by atoms with Crippen molar-refractivity contribution in [3.05, 3.63) is 47.3 Å². The number of rotatable bonds is 1. The van der Waals surface area contributed by atoms with Gasteiger partial charge in [0.25, 0.3) is 0 Å². The van der Waals surface area contributed by atoms with Crippen LogP contribution in [0.15, 0.2) is 29.4 Å². The number of nitrogen functional groups attached to an aromatic ring is 1. The summed E-state index contributed by atoms with van der Waals surface area (Å²) in [5, 5.41) is 9.12. The summed E-state index contributed by atoms with van der Waals surface area (Å²) in [6, 6.07) is 6.37. The number of nitrogens with zero attached hydrogens (tertiary/aromatic N) is 4. The number of amidine groups is 1. The Morgan fingerprint density at radius 2 is 2.19 bits per heavy atom. The quantitative estimate of drug-likeness (QED) is 0.765. The lowest BCUT2D eigenvalue weighted by Gasteiger charge is -2.31. The Morgan fingerprint density at radius 3 is 2.90 bits per heavy atom. The van der Waals surface area contributed by atoms with Gasteiger partial charge < -0.3 is 16.0 Å². The molecular formula is C14H13FN6. The van der Waals surface area contributed by atoms with Crippen molar-refractivity contribution in [2.75, 3.05) is 5.73 Å². The van der Waals surface area contributed by atoms with Gasteiger partial charge in [-0.25, -0.2) is 9.37 Å². The molecule has 0 spiro atoms. The molecular weight excluding hydrogens is 271 g/mol. The van der Waals surface area contributed by atoms with Crippen molar-refractivity contribution in [3.8, 4) is 6.07 Å². The second kappa shape index (κ2) is 4.31. The molecule has 0 saturated carbocycles. The van der Waals surface area contributed by atoms with Gasteiger partial charge in [-0.3, -0.25) is 4.99 Å². The summed E-state index contributed by atoms with van der Waals surface area (Å²) in [7, 11) is 0. The average Bonchev–Trinajstić information content (AvgIpc) is 2.84. The Labute approximate surface area is 120 Å². The van der Waals surface area contributed by atoms with Crippen LogP contribution in [0.2, 0.25) is 0 Å². The van der Waals surface area contributed by atoms with Crippen molar-refractivity contribution >= 4 is 11.5 Å². The zero-order valence-corrected chi connectivity index (χ0v) is 11.3. The highest BCUT2D eigenvalue weighted by molar-refractivity contribution is 5.95. The van der Waals surface area contributed by atoms with E-state index in [1.807, 2.05) is 6.07 Å². The molecule has 1 aliphatic heterocycles. The first-order valence-corrected chi connectivity index (χ1v) is 6.31. The number of aliphatic imine (C=N–C) groups is 1. The van der Waals surface area contributed by atoms with Crippen LogP contribution in [0.5, 0.6) is 0 Å². The number of fused-ring (bicyclic) bond motifs is 1. The van der Waals surface area contributed by atoms with E-state index in [4.69, 9.17) is 16.7 Å². The SMILES string of the molecule is CC1(c2cc(N)ccc2F)Cn2c(C#N)cnc2C(N)=N1. The van der Waals surface area contributed by atoms with Gasteiger partial charge in [-0.15, -0.1) is 0 Å². The molecule has 1 aromatic heterocycles. The number of anilines is 1. The topological polar surface area (TPSA) is 106 Å². The van der Waals surface area contributed by atoms with Gasteiger partial charge >= 0.3 is 0 Å². The first kappa shape index (κ1) is 13.1. The van der Waals surface area contributed by atoms with Crippen LogP contribution in [0.4, 0.5) is 10.1 Å². The van der Waals surface area contributed by atoms with Gasteiger partial charge in [0.05, 0.1) is 12.7 Å². The molecule has 3 rings (SSSR count). The lowest BCUT2D eigenvalue weighted by Crippen LogP contribution is -2.38. The van der Waals surface area contributed by atoms with Crippen molar-refractivity contribution in [1.29, 1.82) is 5.26 Å². The van der Waals surface area contributed by atoms with Gasteiger partial charge in [-0.1, -0.05) is 0 Å². The van der Waals surface area contributed by atoms with Crippen molar-refractivity contribution in [1.82, 2.24) is 9.55 Å². The van der Waals surface area contributed by atoms with Crippen molar-refractivity contribution in [2.24, 2.45) is 10.7 Å². The Kier molecular flexibility index (Phi) is 2.69. The molecule has 2 heterocycles. The number of nitriles is 1. The summed E-state index contributed by atoms with van der Waals surface area (Å²) in [5.74, 6) is 0.186. The highest BCUT2D eigenvalue weighted by Crippen LogP contribution is 2.34. The molecule has 7 heteroatoms. The van der Waals surface area contributed by atoms with Crippen LogP contribution in [-0.2, 0) is 12.1 Å². The molecule has 2 aromatic rings. The Bertz CT molecular complexity index is 800. The molecule has 0 fully saturated rings. The fourth-order valence-corrected chi connectivity index (χ4v) is 2.59. The molecule has 21 heavy (non-hydrogen) atoms. The van der Waals surface area contributed by atoms with E-state index in [9.17, 15) is 4.39 Å². The minimum atomic E-state index is -0.942. The van der Waals surface area contributed by atoms with Crippen LogP contribution >= 0.6 is 0 Å². The van der Waals surface area contributed by atoms with Crippen LogP contribution in [0, 0.1) is 17.1 Å². The van der Waals surface area contributed by atoms with Crippen LogP contribution < -0.4 is 11.5 Å². The Balaban J connectivity index is 2.18. The second-order valence-corrected chi connectivity index (χ2v) is 5.18. The molecule has 1 aliphatic rings. The molecule has 0 amide bonds. The fraction of sp³-hybridized carbons (Fsp3) is 0.214. The fourth-order valence-electron chi connectivity index (χ4n) is 2.59. The van der Waals surface area contributed by atoms with Crippen LogP contribution in [-0.4, -0.2) is 15.4 Å². The third kappa shape index (κ3) is 1.92. The molecule has 106 valence electrons. The highest BCUT2D eigenvalue weighted by atomic mass is 19.1. The molecule has 1 atom stereocenters. The number of hydrogen-bond acceptors (Lipinski definition) is 5. The molecule has 1 aromatic carbocycles. The number of hydrogen-bond donors (Lipinski definition) is 2. The lowest BCUT2D eigenvalue weighted by atomic mass is 9.90. The van der Waals surface area contributed by atoms with Gasteiger partial charge in [0.15, 0.2) is 11.7 Å². The zero-order valence-electron chi connectivity index (χ0n) is 11.3. The summed E-state index contributed by atoms with van der Waals surface area (Å²) >= 11 is 0. The minimum Gasteiger partial charge on any atom is -0.399 e. The van der Waals surface area contributed by atoms with Crippen LogP contribution in [0.1, 0.15) is 24.0 Å². The molecule has 0 bridgehead atoms. The van der Waals surface area contributed by atoms with E-state index < -0.39 is 11.4 Å². The molecule has 0 radical (unpaired) electrons.